The van der Waals surface area contributed by atoms with Crippen LogP contribution in [0.3, 0.4) is 0 Å². The Labute approximate surface area is 117 Å². The summed E-state index contributed by atoms with van der Waals surface area (Å²) in [6.07, 6.45) is 1.86. The van der Waals surface area contributed by atoms with Crippen molar-refractivity contribution in [3.05, 3.63) is 28.7 Å². The zero-order chi connectivity index (χ0) is 15.1. The third-order valence-electron chi connectivity index (χ3n) is 3.44. The van der Waals surface area contributed by atoms with Gasteiger partial charge in [0.2, 0.25) is 0 Å². The first kappa shape index (κ1) is 14.6. The Morgan fingerprint density at radius 1 is 1.20 bits per heavy atom. The molecule has 0 unspecified atom stereocenters. The summed E-state index contributed by atoms with van der Waals surface area (Å²) in [5, 5.41) is 0. The minimum absolute atomic E-state index is 0.0752. The van der Waals surface area contributed by atoms with Gasteiger partial charge in [0.1, 0.15) is 0 Å². The summed E-state index contributed by atoms with van der Waals surface area (Å²) in [7, 11) is -3.55. The van der Waals surface area contributed by atoms with Gasteiger partial charge in [-0.25, -0.2) is 12.7 Å². The van der Waals surface area contributed by atoms with Crippen LogP contribution in [-0.4, -0.2) is 34.5 Å². The third kappa shape index (κ3) is 2.09. The number of nitrogen functional groups attached to an aromatic ring is 1. The van der Waals surface area contributed by atoms with Crippen LogP contribution >= 0.6 is 0 Å². The molecule has 8 heteroatoms. The van der Waals surface area contributed by atoms with Crippen LogP contribution in [0, 0.1) is 0 Å². The summed E-state index contributed by atoms with van der Waals surface area (Å²) in [5.41, 5.74) is 5.82. The standard InChI is InChI=1S/C12H17N3O4S/c1-12(2)11(17)15(20(12,18)19)7-3-6-14-8-9(13)4-5-10(14)16/h4-5,8H,3,6-7,13H2,1-2H3. The predicted molar refractivity (Wildman–Crippen MR) is 74.4 cm³/mol. The number of nitrogens with zero attached hydrogens (tertiary/aromatic N) is 2. The summed E-state index contributed by atoms with van der Waals surface area (Å²) in [5.74, 6) is -0.405. The molecule has 0 atom stereocenters. The Bertz CT molecular complexity index is 706. The fourth-order valence-electron chi connectivity index (χ4n) is 2.09. The van der Waals surface area contributed by atoms with Gasteiger partial charge in [0.25, 0.3) is 21.5 Å². The van der Waals surface area contributed by atoms with E-state index in [9.17, 15) is 18.0 Å². The van der Waals surface area contributed by atoms with Crippen LogP contribution in [0.5, 0.6) is 0 Å². The van der Waals surface area contributed by atoms with E-state index >= 15 is 0 Å². The fraction of sp³-hybridized carbons (Fsp3) is 0.500. The number of aromatic nitrogens is 1. The van der Waals surface area contributed by atoms with E-state index in [4.69, 9.17) is 5.73 Å². The van der Waals surface area contributed by atoms with E-state index < -0.39 is 20.7 Å². The Balaban J connectivity index is 2.00. The lowest BCUT2D eigenvalue weighted by Crippen LogP contribution is -2.67. The lowest BCUT2D eigenvalue weighted by molar-refractivity contribution is -0.132. The van der Waals surface area contributed by atoms with Crippen LogP contribution in [-0.2, 0) is 21.4 Å². The van der Waals surface area contributed by atoms with Crippen molar-refractivity contribution in [3.8, 4) is 0 Å². The van der Waals surface area contributed by atoms with E-state index in [-0.39, 0.29) is 12.1 Å². The molecular formula is C12H17N3O4S. The van der Waals surface area contributed by atoms with Crippen molar-refractivity contribution in [1.82, 2.24) is 8.87 Å². The molecule has 1 saturated heterocycles. The monoisotopic (exact) mass is 299 g/mol. The Morgan fingerprint density at radius 2 is 1.85 bits per heavy atom. The lowest BCUT2D eigenvalue weighted by Gasteiger charge is -2.43. The molecule has 1 aromatic heterocycles. The highest BCUT2D eigenvalue weighted by atomic mass is 32.2. The van der Waals surface area contributed by atoms with Crippen molar-refractivity contribution < 1.29 is 13.2 Å². The van der Waals surface area contributed by atoms with Crippen molar-refractivity contribution in [2.45, 2.75) is 31.6 Å². The van der Waals surface area contributed by atoms with Gasteiger partial charge in [0, 0.05) is 31.0 Å². The molecule has 1 aliphatic heterocycles. The minimum atomic E-state index is -3.55. The summed E-state index contributed by atoms with van der Waals surface area (Å²) in [6, 6.07) is 2.86. The normalized spacial score (nSPS) is 19.7. The second kappa shape index (κ2) is 4.62. The van der Waals surface area contributed by atoms with Gasteiger partial charge < -0.3 is 10.3 Å². The number of carbonyl (C=O) groups excluding carboxylic acids is 1. The first-order chi connectivity index (χ1) is 9.18. The molecule has 0 radical (unpaired) electrons. The Kier molecular flexibility index (Phi) is 3.37. The molecule has 2 heterocycles. The van der Waals surface area contributed by atoms with E-state index in [1.54, 1.807) is 0 Å². The van der Waals surface area contributed by atoms with Crippen molar-refractivity contribution in [2.24, 2.45) is 0 Å². The van der Waals surface area contributed by atoms with E-state index in [2.05, 4.69) is 0 Å². The maximum Gasteiger partial charge on any atom is 0.258 e. The molecule has 1 fully saturated rings. The SMILES string of the molecule is CC1(C)C(=O)N(CCCn2cc(N)ccc2=O)S1(=O)=O. The van der Waals surface area contributed by atoms with Gasteiger partial charge in [-0.1, -0.05) is 0 Å². The zero-order valence-electron chi connectivity index (χ0n) is 11.4. The molecule has 0 bridgehead atoms. The molecule has 20 heavy (non-hydrogen) atoms. The minimum Gasteiger partial charge on any atom is -0.398 e. The molecule has 0 aromatic carbocycles. The number of amides is 1. The highest BCUT2D eigenvalue weighted by Crippen LogP contribution is 2.34. The highest BCUT2D eigenvalue weighted by molar-refractivity contribution is 7.94. The van der Waals surface area contributed by atoms with E-state index in [1.807, 2.05) is 0 Å². The molecule has 2 N–H and O–H groups in total. The van der Waals surface area contributed by atoms with Crippen LogP contribution in [0.2, 0.25) is 0 Å². The number of hydrogen-bond acceptors (Lipinski definition) is 5. The van der Waals surface area contributed by atoms with Gasteiger partial charge in [0.15, 0.2) is 4.75 Å². The van der Waals surface area contributed by atoms with Crippen LogP contribution < -0.4 is 11.3 Å². The predicted octanol–water partition coefficient (Wildman–Crippen LogP) is -0.229. The van der Waals surface area contributed by atoms with E-state index in [0.717, 1.165) is 4.31 Å². The highest BCUT2D eigenvalue weighted by Gasteiger charge is 2.59. The van der Waals surface area contributed by atoms with Crippen LogP contribution in [0.25, 0.3) is 0 Å². The van der Waals surface area contributed by atoms with Crippen molar-refractivity contribution in [2.75, 3.05) is 12.3 Å². The number of nitrogens with two attached hydrogens (primary N) is 1. The molecule has 1 aromatic rings. The second-order valence-electron chi connectivity index (χ2n) is 5.24. The smallest absolute Gasteiger partial charge is 0.258 e. The number of pyridine rings is 1. The van der Waals surface area contributed by atoms with Crippen LogP contribution in [0.1, 0.15) is 20.3 Å². The Hall–Kier alpha value is -1.83. The van der Waals surface area contributed by atoms with Gasteiger partial charge in [-0.3, -0.25) is 9.59 Å². The molecule has 0 aliphatic carbocycles. The Morgan fingerprint density at radius 3 is 2.45 bits per heavy atom. The van der Waals surface area contributed by atoms with Crippen molar-refractivity contribution in [1.29, 1.82) is 0 Å². The van der Waals surface area contributed by atoms with Crippen LogP contribution in [0.4, 0.5) is 5.69 Å². The first-order valence-corrected chi connectivity index (χ1v) is 7.64. The summed E-state index contributed by atoms with van der Waals surface area (Å²) in [6.45, 7) is 3.17. The van der Waals surface area contributed by atoms with Crippen LogP contribution in [0.15, 0.2) is 23.1 Å². The number of anilines is 1. The number of aryl methyl sites for hydroxylation is 1. The molecule has 0 saturated carbocycles. The zero-order valence-corrected chi connectivity index (χ0v) is 12.2. The number of hydrogen-bond donors (Lipinski definition) is 1. The lowest BCUT2D eigenvalue weighted by atomic mass is 10.2. The maximum atomic E-state index is 11.9. The molecule has 0 spiro atoms. The first-order valence-electron chi connectivity index (χ1n) is 6.20. The summed E-state index contributed by atoms with van der Waals surface area (Å²) < 4.78 is 24.7. The molecule has 1 aliphatic rings. The molecule has 2 rings (SSSR count). The number of sulfonamides is 1. The van der Waals surface area contributed by atoms with E-state index in [0.29, 0.717) is 18.7 Å². The van der Waals surface area contributed by atoms with Gasteiger partial charge in [0.05, 0.1) is 0 Å². The molecule has 110 valence electrons. The molecule has 1 amide bonds. The molecule has 7 nitrogen and oxygen atoms in total. The average Bonchev–Trinajstić information content (AvgIpc) is 2.37. The summed E-state index contributed by atoms with van der Waals surface area (Å²) >= 11 is 0. The number of rotatable bonds is 4. The third-order valence-corrected chi connectivity index (χ3v) is 5.84. The summed E-state index contributed by atoms with van der Waals surface area (Å²) in [4.78, 5) is 23.3. The van der Waals surface area contributed by atoms with Gasteiger partial charge in [-0.05, 0) is 26.3 Å². The maximum absolute atomic E-state index is 11.9. The van der Waals surface area contributed by atoms with Crippen molar-refractivity contribution >= 4 is 21.6 Å². The van der Waals surface area contributed by atoms with E-state index in [1.165, 1.54) is 36.7 Å². The van der Waals surface area contributed by atoms with Gasteiger partial charge in [-0.2, -0.15) is 0 Å². The quantitative estimate of drug-likeness (QED) is 0.827. The largest absolute Gasteiger partial charge is 0.398 e. The van der Waals surface area contributed by atoms with Crippen molar-refractivity contribution in [3.63, 3.8) is 0 Å². The fourth-order valence-corrected chi connectivity index (χ4v) is 3.65. The molecular weight excluding hydrogens is 282 g/mol. The average molecular weight is 299 g/mol. The topological polar surface area (TPSA) is 102 Å². The second-order valence-corrected chi connectivity index (χ2v) is 7.65. The van der Waals surface area contributed by atoms with Gasteiger partial charge in [-0.15, -0.1) is 0 Å². The number of carbonyl (C=O) groups is 1. The van der Waals surface area contributed by atoms with Gasteiger partial charge >= 0.3 is 0 Å².